The molecule has 0 amide bonds. The molecule has 3 aromatic rings. The fourth-order valence-electron chi connectivity index (χ4n) is 5.18. The van der Waals surface area contributed by atoms with Crippen LogP contribution in [-0.4, -0.2) is 11.7 Å². The molecule has 0 atom stereocenters. The fraction of sp³-hybridized carbons (Fsp3) is 0.500. The van der Waals surface area contributed by atoms with Gasteiger partial charge in [-0.3, -0.25) is 4.79 Å². The third kappa shape index (κ3) is 8.91. The zero-order valence-electron chi connectivity index (χ0n) is 23.2. The van der Waals surface area contributed by atoms with E-state index in [1.165, 1.54) is 89.9 Å². The molecule has 1 aromatic heterocycles. The quantitative estimate of drug-likeness (QED) is 0.162. The summed E-state index contributed by atoms with van der Waals surface area (Å²) in [6.45, 7) is 2.28. The molecule has 0 fully saturated rings. The van der Waals surface area contributed by atoms with Gasteiger partial charge >= 0.3 is 0 Å². The van der Waals surface area contributed by atoms with E-state index in [-0.39, 0.29) is 5.43 Å². The Kier molecular flexibility index (Phi) is 13.1. The van der Waals surface area contributed by atoms with Crippen molar-refractivity contribution in [1.29, 1.82) is 0 Å². The van der Waals surface area contributed by atoms with Crippen molar-refractivity contribution >= 4 is 17.1 Å². The van der Waals surface area contributed by atoms with Crippen LogP contribution in [0, 0.1) is 0 Å². The van der Waals surface area contributed by atoms with Crippen molar-refractivity contribution in [3.8, 4) is 17.0 Å². The molecule has 0 radical (unpaired) electrons. The van der Waals surface area contributed by atoms with Crippen molar-refractivity contribution in [3.05, 3.63) is 70.9 Å². The summed E-state index contributed by atoms with van der Waals surface area (Å²) in [7, 11) is 1.58. The molecule has 0 aliphatic heterocycles. The van der Waals surface area contributed by atoms with Gasteiger partial charge in [0, 0.05) is 17.1 Å². The number of benzene rings is 2. The van der Waals surface area contributed by atoms with Crippen LogP contribution in [0.4, 0.5) is 0 Å². The highest BCUT2D eigenvalue weighted by molar-refractivity contribution is 5.88. The largest absolute Gasteiger partial charge is 0.491 e. The van der Waals surface area contributed by atoms with E-state index in [0.29, 0.717) is 11.1 Å². The molecule has 37 heavy (non-hydrogen) atoms. The predicted molar refractivity (Wildman–Crippen MR) is 160 cm³/mol. The summed E-state index contributed by atoms with van der Waals surface area (Å²) < 4.78 is 7.76. The smallest absolute Gasteiger partial charge is 0.231 e. The minimum Gasteiger partial charge on any atom is -0.491 e. The average Bonchev–Trinajstić information content (AvgIpc) is 2.94. The first kappa shape index (κ1) is 28.8. The number of allylic oxidation sites excluding steroid dienone is 1. The van der Waals surface area contributed by atoms with Crippen molar-refractivity contribution in [3.63, 3.8) is 0 Å². The summed E-state index contributed by atoms with van der Waals surface area (Å²) >= 11 is 0. The van der Waals surface area contributed by atoms with Crippen LogP contribution in [0.5, 0.6) is 5.75 Å². The minimum absolute atomic E-state index is 0.0615. The van der Waals surface area contributed by atoms with Gasteiger partial charge in [0.15, 0.2) is 5.75 Å². The van der Waals surface area contributed by atoms with E-state index in [4.69, 9.17) is 4.74 Å². The molecule has 3 heteroatoms. The zero-order chi connectivity index (χ0) is 26.1. The molecule has 0 bridgehead atoms. The molecule has 0 spiro atoms. The maximum atomic E-state index is 13.2. The van der Waals surface area contributed by atoms with E-state index in [0.717, 1.165) is 23.2 Å². The summed E-state index contributed by atoms with van der Waals surface area (Å²) in [5.74, 6) is 0.394. The Hall–Kier alpha value is -2.81. The molecule has 2 aromatic carbocycles. The van der Waals surface area contributed by atoms with Gasteiger partial charge in [-0.2, -0.15) is 0 Å². The average molecular weight is 502 g/mol. The number of nitrogens with zero attached hydrogens (tertiary/aromatic N) is 1. The Morgan fingerprint density at radius 2 is 1.24 bits per heavy atom. The Labute approximate surface area is 224 Å². The van der Waals surface area contributed by atoms with Crippen LogP contribution in [0.1, 0.15) is 103 Å². The normalized spacial score (nSPS) is 11.5. The summed E-state index contributed by atoms with van der Waals surface area (Å²) in [4.78, 5) is 13.2. The monoisotopic (exact) mass is 501 g/mol. The lowest BCUT2D eigenvalue weighted by Gasteiger charge is -2.17. The van der Waals surface area contributed by atoms with Gasteiger partial charge in [-0.25, -0.2) is 0 Å². The predicted octanol–water partition coefficient (Wildman–Crippen LogP) is 10.0. The molecule has 0 saturated carbocycles. The first-order chi connectivity index (χ1) is 18.3. The SMILES string of the molecule is CCCCCCCCCCCCCCCCC=Cn1c(-c2ccccc2)c(OC)c(=O)c2ccccc21. The number of aromatic nitrogens is 1. The molecule has 0 saturated heterocycles. The molecule has 3 nitrogen and oxygen atoms in total. The second-order valence-corrected chi connectivity index (χ2v) is 10.2. The van der Waals surface area contributed by atoms with E-state index >= 15 is 0 Å². The molecule has 1 heterocycles. The van der Waals surface area contributed by atoms with Crippen LogP contribution in [0.2, 0.25) is 0 Å². The summed E-state index contributed by atoms with van der Waals surface area (Å²) in [6, 6.07) is 17.8. The highest BCUT2D eigenvalue weighted by Crippen LogP contribution is 2.31. The van der Waals surface area contributed by atoms with Crippen LogP contribution in [0.3, 0.4) is 0 Å². The van der Waals surface area contributed by atoms with E-state index in [1.807, 2.05) is 54.6 Å². The summed E-state index contributed by atoms with van der Waals surface area (Å²) in [6.07, 6.45) is 24.7. The van der Waals surface area contributed by atoms with Gasteiger partial charge in [-0.05, 0) is 25.0 Å². The van der Waals surface area contributed by atoms with Crippen molar-refractivity contribution in [1.82, 2.24) is 4.57 Å². The van der Waals surface area contributed by atoms with Crippen LogP contribution in [0.15, 0.2) is 65.5 Å². The van der Waals surface area contributed by atoms with E-state index in [2.05, 4.69) is 23.8 Å². The third-order valence-corrected chi connectivity index (χ3v) is 7.30. The van der Waals surface area contributed by atoms with Gasteiger partial charge in [0.05, 0.1) is 18.3 Å². The maximum absolute atomic E-state index is 13.2. The number of fused-ring (bicyclic) bond motifs is 1. The van der Waals surface area contributed by atoms with Crippen molar-refractivity contribution < 1.29 is 4.74 Å². The van der Waals surface area contributed by atoms with Crippen LogP contribution in [0.25, 0.3) is 28.4 Å². The van der Waals surface area contributed by atoms with Gasteiger partial charge in [-0.1, -0.05) is 139 Å². The number of hydrogen-bond donors (Lipinski definition) is 0. The number of unbranched alkanes of at least 4 members (excludes halogenated alkanes) is 14. The topological polar surface area (TPSA) is 31.2 Å². The molecule has 3 rings (SSSR count). The van der Waals surface area contributed by atoms with Crippen LogP contribution >= 0.6 is 0 Å². The zero-order valence-corrected chi connectivity index (χ0v) is 23.2. The Morgan fingerprint density at radius 3 is 1.84 bits per heavy atom. The highest BCUT2D eigenvalue weighted by atomic mass is 16.5. The molecule has 200 valence electrons. The second-order valence-electron chi connectivity index (χ2n) is 10.2. The third-order valence-electron chi connectivity index (χ3n) is 7.30. The van der Waals surface area contributed by atoms with Gasteiger partial charge in [0.2, 0.25) is 5.43 Å². The van der Waals surface area contributed by atoms with Gasteiger partial charge in [0.25, 0.3) is 0 Å². The number of rotatable bonds is 18. The van der Waals surface area contributed by atoms with E-state index in [1.54, 1.807) is 7.11 Å². The molecule has 0 aliphatic carbocycles. The van der Waals surface area contributed by atoms with Gasteiger partial charge in [0.1, 0.15) is 0 Å². The fourth-order valence-corrected chi connectivity index (χ4v) is 5.18. The van der Waals surface area contributed by atoms with Crippen molar-refractivity contribution in [2.45, 2.75) is 103 Å². The Bertz CT molecular complexity index is 1130. The first-order valence-corrected chi connectivity index (χ1v) is 14.7. The molecule has 0 aliphatic rings. The number of para-hydroxylation sites is 1. The number of hydrogen-bond acceptors (Lipinski definition) is 2. The van der Waals surface area contributed by atoms with Crippen molar-refractivity contribution in [2.24, 2.45) is 0 Å². The standard InChI is InChI=1S/C34H47NO2/c1-3-4-5-6-7-8-9-10-11-12-13-14-15-16-17-23-28-35-31-27-22-21-26-30(31)33(36)34(37-2)32(35)29-24-19-18-20-25-29/h18-28H,3-17H2,1-2H3. The highest BCUT2D eigenvalue weighted by Gasteiger charge is 2.17. The summed E-state index contributed by atoms with van der Waals surface area (Å²) in [5.41, 5.74) is 2.63. The van der Waals surface area contributed by atoms with Crippen LogP contribution in [-0.2, 0) is 0 Å². The molecule has 0 N–H and O–H groups in total. The van der Waals surface area contributed by atoms with Crippen LogP contribution < -0.4 is 10.2 Å². The van der Waals surface area contributed by atoms with E-state index in [9.17, 15) is 4.79 Å². The number of ether oxygens (including phenoxy) is 1. The molecular weight excluding hydrogens is 454 g/mol. The Morgan fingerprint density at radius 1 is 0.703 bits per heavy atom. The first-order valence-electron chi connectivity index (χ1n) is 14.7. The lowest BCUT2D eigenvalue weighted by Crippen LogP contribution is -2.13. The molecular formula is C34H47NO2. The number of pyridine rings is 1. The van der Waals surface area contributed by atoms with E-state index < -0.39 is 0 Å². The summed E-state index contributed by atoms with van der Waals surface area (Å²) in [5, 5.41) is 0.681. The van der Waals surface area contributed by atoms with Crippen molar-refractivity contribution in [2.75, 3.05) is 7.11 Å². The lowest BCUT2D eigenvalue weighted by molar-refractivity contribution is 0.411. The lowest BCUT2D eigenvalue weighted by atomic mass is 10.0. The Balaban J connectivity index is 1.47. The second kappa shape index (κ2) is 16.8. The van der Waals surface area contributed by atoms with Gasteiger partial charge in [-0.15, -0.1) is 0 Å². The molecule has 0 unspecified atom stereocenters. The maximum Gasteiger partial charge on any atom is 0.231 e. The minimum atomic E-state index is -0.0615. The number of methoxy groups -OCH3 is 1. The van der Waals surface area contributed by atoms with Gasteiger partial charge < -0.3 is 9.30 Å².